The van der Waals surface area contributed by atoms with Crippen LogP contribution in [0.1, 0.15) is 31.0 Å². The molecule has 0 aliphatic carbocycles. The van der Waals surface area contributed by atoms with E-state index in [1.54, 1.807) is 0 Å². The van der Waals surface area contributed by atoms with Crippen LogP contribution in [-0.2, 0) is 18.3 Å². The predicted molar refractivity (Wildman–Crippen MR) is 87.5 cm³/mol. The van der Waals surface area contributed by atoms with Gasteiger partial charge < -0.3 is 14.6 Å². The fraction of sp³-hybridized carbons (Fsp3) is 0.556. The van der Waals surface area contributed by atoms with Gasteiger partial charge >= 0.3 is 0 Å². The zero-order valence-corrected chi connectivity index (χ0v) is 13.4. The van der Waals surface area contributed by atoms with Gasteiger partial charge in [0.2, 0.25) is 0 Å². The van der Waals surface area contributed by atoms with Crippen LogP contribution in [-0.4, -0.2) is 23.8 Å². The van der Waals surface area contributed by atoms with Crippen molar-refractivity contribution in [1.29, 1.82) is 0 Å². The fourth-order valence-corrected chi connectivity index (χ4v) is 3.64. The summed E-state index contributed by atoms with van der Waals surface area (Å²) in [7, 11) is 2.17. The predicted octanol–water partition coefficient (Wildman–Crippen LogP) is 3.39. The topological polar surface area (TPSA) is 26.2 Å². The van der Waals surface area contributed by atoms with Crippen LogP contribution in [0.5, 0.6) is 0 Å². The lowest BCUT2D eigenvalue weighted by molar-refractivity contribution is 0.0872. The van der Waals surface area contributed by atoms with Crippen molar-refractivity contribution in [3.8, 4) is 0 Å². The van der Waals surface area contributed by atoms with Crippen LogP contribution >= 0.6 is 0 Å². The number of benzene rings is 1. The third-order valence-corrected chi connectivity index (χ3v) is 4.95. The first kappa shape index (κ1) is 14.6. The number of para-hydroxylation sites is 1. The molecule has 0 bridgehead atoms. The van der Waals surface area contributed by atoms with Crippen LogP contribution < -0.4 is 5.32 Å². The van der Waals surface area contributed by atoms with E-state index >= 15 is 0 Å². The summed E-state index contributed by atoms with van der Waals surface area (Å²) in [5.74, 6) is 0.671. The minimum absolute atomic E-state index is 0.450. The average molecular weight is 286 g/mol. The first-order valence-corrected chi connectivity index (χ1v) is 8.07. The molecule has 21 heavy (non-hydrogen) atoms. The van der Waals surface area contributed by atoms with Gasteiger partial charge in [0.15, 0.2) is 0 Å². The summed E-state index contributed by atoms with van der Waals surface area (Å²) in [5.41, 5.74) is 4.11. The summed E-state index contributed by atoms with van der Waals surface area (Å²) in [4.78, 5) is 0. The van der Waals surface area contributed by atoms with E-state index in [0.717, 1.165) is 26.1 Å². The molecule has 114 valence electrons. The second-order valence-corrected chi connectivity index (χ2v) is 6.15. The van der Waals surface area contributed by atoms with Crippen molar-refractivity contribution in [1.82, 2.24) is 9.88 Å². The van der Waals surface area contributed by atoms with Gasteiger partial charge in [-0.05, 0) is 37.3 Å². The Morgan fingerprint density at radius 1 is 1.33 bits per heavy atom. The summed E-state index contributed by atoms with van der Waals surface area (Å²) in [6.45, 7) is 7.37. The number of nitrogens with zero attached hydrogens (tertiary/aromatic N) is 1. The molecule has 0 spiro atoms. The molecule has 0 radical (unpaired) electrons. The summed E-state index contributed by atoms with van der Waals surface area (Å²) < 4.78 is 8.09. The van der Waals surface area contributed by atoms with Crippen LogP contribution in [0.25, 0.3) is 10.9 Å². The number of rotatable bonds is 5. The number of ether oxygens (including phenoxy) is 1. The molecule has 1 aliphatic rings. The van der Waals surface area contributed by atoms with Crippen molar-refractivity contribution >= 4 is 10.9 Å². The molecule has 3 heteroatoms. The van der Waals surface area contributed by atoms with Crippen molar-refractivity contribution in [3.63, 3.8) is 0 Å². The van der Waals surface area contributed by atoms with Gasteiger partial charge in [-0.15, -0.1) is 0 Å². The van der Waals surface area contributed by atoms with Crippen molar-refractivity contribution in [3.05, 3.63) is 35.5 Å². The van der Waals surface area contributed by atoms with Crippen molar-refractivity contribution < 1.29 is 4.74 Å². The molecule has 1 saturated heterocycles. The molecule has 3 nitrogen and oxygen atoms in total. The smallest absolute Gasteiger partial charge is 0.0613 e. The van der Waals surface area contributed by atoms with Crippen LogP contribution in [0, 0.1) is 12.8 Å². The van der Waals surface area contributed by atoms with Gasteiger partial charge in [-0.1, -0.05) is 25.1 Å². The van der Waals surface area contributed by atoms with E-state index in [1.165, 1.54) is 28.6 Å². The molecule has 2 heterocycles. The highest BCUT2D eigenvalue weighted by molar-refractivity contribution is 5.85. The highest BCUT2D eigenvalue weighted by atomic mass is 16.5. The van der Waals surface area contributed by atoms with Crippen molar-refractivity contribution in [2.45, 2.75) is 39.3 Å². The van der Waals surface area contributed by atoms with Gasteiger partial charge in [-0.2, -0.15) is 0 Å². The Labute approximate surface area is 127 Å². The standard InChI is InChI=1S/C18H26N2O/c1-4-18-14(9-10-21-18)11-19-12-17-13(2)15-7-5-6-8-16(15)20(17)3/h5-8,14,18-19H,4,9-12H2,1-3H3. The molecule has 2 aromatic rings. The molecule has 2 atom stereocenters. The number of aryl methyl sites for hydroxylation is 2. The quantitative estimate of drug-likeness (QED) is 0.912. The zero-order valence-electron chi connectivity index (χ0n) is 13.4. The molecular weight excluding hydrogens is 260 g/mol. The summed E-state index contributed by atoms with van der Waals surface area (Å²) in [6.07, 6.45) is 2.77. The van der Waals surface area contributed by atoms with Crippen LogP contribution in [0.2, 0.25) is 0 Å². The lowest BCUT2D eigenvalue weighted by atomic mass is 10.00. The summed E-state index contributed by atoms with van der Waals surface area (Å²) in [6, 6.07) is 8.64. The highest BCUT2D eigenvalue weighted by Crippen LogP contribution is 2.25. The number of hydrogen-bond acceptors (Lipinski definition) is 2. The van der Waals surface area contributed by atoms with E-state index in [9.17, 15) is 0 Å². The van der Waals surface area contributed by atoms with Gasteiger partial charge in [-0.25, -0.2) is 0 Å². The second-order valence-electron chi connectivity index (χ2n) is 6.15. The molecule has 1 aliphatic heterocycles. The molecule has 1 N–H and O–H groups in total. The normalized spacial score (nSPS) is 22.2. The lowest BCUT2D eigenvalue weighted by Crippen LogP contribution is -2.28. The number of hydrogen-bond donors (Lipinski definition) is 1. The summed E-state index contributed by atoms with van der Waals surface area (Å²) in [5, 5.41) is 5.02. The first-order chi connectivity index (χ1) is 10.2. The van der Waals surface area contributed by atoms with Crippen molar-refractivity contribution in [2.24, 2.45) is 13.0 Å². The Bertz CT molecular complexity index is 578. The maximum atomic E-state index is 5.77. The van der Waals surface area contributed by atoms with Gasteiger partial charge in [-0.3, -0.25) is 0 Å². The highest BCUT2D eigenvalue weighted by Gasteiger charge is 2.26. The Morgan fingerprint density at radius 3 is 2.90 bits per heavy atom. The van der Waals surface area contributed by atoms with Crippen LogP contribution in [0.3, 0.4) is 0 Å². The fourth-order valence-electron chi connectivity index (χ4n) is 3.64. The van der Waals surface area contributed by atoms with E-state index < -0.39 is 0 Å². The van der Waals surface area contributed by atoms with E-state index in [2.05, 4.69) is 55.0 Å². The largest absolute Gasteiger partial charge is 0.378 e. The molecule has 3 rings (SSSR count). The van der Waals surface area contributed by atoms with E-state index in [1.807, 2.05) is 0 Å². The Balaban J connectivity index is 1.68. The van der Waals surface area contributed by atoms with E-state index in [-0.39, 0.29) is 0 Å². The number of nitrogens with one attached hydrogen (secondary N) is 1. The lowest BCUT2D eigenvalue weighted by Gasteiger charge is -2.17. The van der Waals surface area contributed by atoms with Gasteiger partial charge in [0, 0.05) is 43.3 Å². The maximum Gasteiger partial charge on any atom is 0.0613 e. The Kier molecular flexibility index (Phi) is 4.32. The van der Waals surface area contributed by atoms with Gasteiger partial charge in [0.1, 0.15) is 0 Å². The molecule has 1 aromatic carbocycles. The number of aromatic nitrogens is 1. The summed E-state index contributed by atoms with van der Waals surface area (Å²) >= 11 is 0. The number of fused-ring (bicyclic) bond motifs is 1. The Morgan fingerprint density at radius 2 is 2.14 bits per heavy atom. The molecule has 0 amide bonds. The minimum Gasteiger partial charge on any atom is -0.378 e. The van der Waals surface area contributed by atoms with E-state index in [4.69, 9.17) is 4.74 Å². The molecular formula is C18H26N2O. The van der Waals surface area contributed by atoms with Crippen LogP contribution in [0.4, 0.5) is 0 Å². The Hall–Kier alpha value is -1.32. The third-order valence-electron chi connectivity index (χ3n) is 4.95. The monoisotopic (exact) mass is 286 g/mol. The van der Waals surface area contributed by atoms with Gasteiger partial charge in [0.05, 0.1) is 6.10 Å². The molecule has 0 saturated carbocycles. The average Bonchev–Trinajstić information content (AvgIpc) is 3.06. The van der Waals surface area contributed by atoms with Crippen molar-refractivity contribution in [2.75, 3.05) is 13.2 Å². The second kappa shape index (κ2) is 6.20. The zero-order chi connectivity index (χ0) is 14.8. The molecule has 1 aromatic heterocycles. The SMILES string of the molecule is CCC1OCCC1CNCc1c(C)c2ccccc2n1C. The third kappa shape index (κ3) is 2.72. The molecule has 1 fully saturated rings. The molecule has 2 unspecified atom stereocenters. The van der Waals surface area contributed by atoms with Gasteiger partial charge in [0.25, 0.3) is 0 Å². The van der Waals surface area contributed by atoms with E-state index in [0.29, 0.717) is 12.0 Å². The maximum absolute atomic E-state index is 5.77. The minimum atomic E-state index is 0.450. The first-order valence-electron chi connectivity index (χ1n) is 8.07. The van der Waals surface area contributed by atoms with Crippen LogP contribution in [0.15, 0.2) is 24.3 Å².